The Morgan fingerprint density at radius 3 is 2.78 bits per heavy atom. The third-order valence-corrected chi connectivity index (χ3v) is 5.96. The Kier molecular flexibility index (Phi) is 6.29. The highest BCUT2D eigenvalue weighted by Crippen LogP contribution is 2.36. The number of halogens is 1. The number of ether oxygens (including phenoxy) is 1. The number of thiazole rings is 1. The van der Waals surface area contributed by atoms with Gasteiger partial charge in [0.1, 0.15) is 11.3 Å². The Hall–Kier alpha value is -3.56. The third kappa shape index (κ3) is 4.39. The quantitative estimate of drug-likeness (QED) is 0.262. The van der Waals surface area contributed by atoms with Crippen LogP contribution in [0.4, 0.5) is 10.8 Å². The van der Waals surface area contributed by atoms with Crippen molar-refractivity contribution in [3.05, 3.63) is 87.2 Å². The van der Waals surface area contributed by atoms with E-state index in [1.165, 1.54) is 34.4 Å². The maximum absolute atomic E-state index is 13.6. The van der Waals surface area contributed by atoms with Crippen molar-refractivity contribution >= 4 is 49.9 Å². The molecule has 162 valence electrons. The second-order valence-electron chi connectivity index (χ2n) is 6.67. The smallest absolute Gasteiger partial charge is 0.270 e. The molecule has 0 fully saturated rings. The number of non-ortho nitro benzene ring substituents is 1. The Labute approximate surface area is 192 Å². The van der Waals surface area contributed by atoms with E-state index in [1.807, 2.05) is 31.2 Å². The summed E-state index contributed by atoms with van der Waals surface area (Å²) in [6, 6.07) is 14.7. The van der Waals surface area contributed by atoms with Crippen molar-refractivity contribution in [3.8, 4) is 5.75 Å². The predicted octanol–water partition coefficient (Wildman–Crippen LogP) is 5.50. The fourth-order valence-electron chi connectivity index (χ4n) is 3.12. The number of nitro benzene ring substituents is 1. The van der Waals surface area contributed by atoms with E-state index in [4.69, 9.17) is 16.3 Å². The molecule has 0 spiro atoms. The van der Waals surface area contributed by atoms with Crippen LogP contribution in [-0.2, 0) is 6.54 Å². The molecular formula is C22H17ClN4O4S. The van der Waals surface area contributed by atoms with Crippen LogP contribution in [0.25, 0.3) is 10.2 Å². The van der Waals surface area contributed by atoms with Crippen molar-refractivity contribution in [2.24, 2.45) is 0 Å². The van der Waals surface area contributed by atoms with Crippen LogP contribution in [0.15, 0.2) is 60.8 Å². The lowest BCUT2D eigenvalue weighted by Gasteiger charge is -2.20. The summed E-state index contributed by atoms with van der Waals surface area (Å²) in [5.74, 6) is 0.104. The van der Waals surface area contributed by atoms with Crippen molar-refractivity contribution in [1.82, 2.24) is 9.97 Å². The van der Waals surface area contributed by atoms with Gasteiger partial charge >= 0.3 is 0 Å². The van der Waals surface area contributed by atoms with Crippen molar-refractivity contribution in [1.29, 1.82) is 0 Å². The first-order chi connectivity index (χ1) is 15.5. The molecule has 0 saturated heterocycles. The van der Waals surface area contributed by atoms with Crippen LogP contribution in [0.5, 0.6) is 5.75 Å². The number of para-hydroxylation sites is 1. The molecule has 2 aromatic heterocycles. The molecular weight excluding hydrogens is 452 g/mol. The Balaban J connectivity index is 1.82. The first-order valence-corrected chi connectivity index (χ1v) is 10.9. The molecule has 1 amide bonds. The molecule has 4 aromatic rings. The summed E-state index contributed by atoms with van der Waals surface area (Å²) in [6.07, 6.45) is 1.63. The van der Waals surface area contributed by atoms with Crippen molar-refractivity contribution in [3.63, 3.8) is 0 Å². The SMILES string of the molecule is CCOc1cccc2sc(N(Cc3ccccn3)C(=O)c3cc([N+](=O)[O-])ccc3Cl)nc12. The van der Waals surface area contributed by atoms with E-state index in [-0.39, 0.29) is 22.8 Å². The molecule has 4 rings (SSSR count). The van der Waals surface area contributed by atoms with E-state index in [0.717, 1.165) is 4.70 Å². The number of aromatic nitrogens is 2. The van der Waals surface area contributed by atoms with E-state index in [9.17, 15) is 14.9 Å². The lowest BCUT2D eigenvalue weighted by Crippen LogP contribution is -2.31. The van der Waals surface area contributed by atoms with Crippen LogP contribution < -0.4 is 9.64 Å². The highest BCUT2D eigenvalue weighted by Gasteiger charge is 2.26. The molecule has 8 nitrogen and oxygen atoms in total. The molecule has 0 atom stereocenters. The van der Waals surface area contributed by atoms with Crippen LogP contribution in [-0.4, -0.2) is 27.4 Å². The summed E-state index contributed by atoms with van der Waals surface area (Å²) in [5, 5.41) is 11.8. The van der Waals surface area contributed by atoms with E-state index < -0.39 is 10.8 Å². The number of nitrogens with zero attached hydrogens (tertiary/aromatic N) is 4. The van der Waals surface area contributed by atoms with E-state index in [1.54, 1.807) is 18.3 Å². The number of fused-ring (bicyclic) bond motifs is 1. The van der Waals surface area contributed by atoms with Gasteiger partial charge in [-0.15, -0.1) is 0 Å². The summed E-state index contributed by atoms with van der Waals surface area (Å²) >= 11 is 7.57. The maximum Gasteiger partial charge on any atom is 0.270 e. The standard InChI is InChI=1S/C22H17ClN4O4S/c1-2-31-18-7-5-8-19-20(18)25-22(32-19)26(13-14-6-3-4-11-24-14)21(28)16-12-15(27(29)30)9-10-17(16)23/h3-12H,2,13H2,1H3. The molecule has 0 unspecified atom stereocenters. The van der Waals surface area contributed by atoms with Crippen LogP contribution in [0.3, 0.4) is 0 Å². The molecule has 0 N–H and O–H groups in total. The highest BCUT2D eigenvalue weighted by atomic mass is 35.5. The average molecular weight is 469 g/mol. The van der Waals surface area contributed by atoms with Gasteiger partial charge in [-0.3, -0.25) is 24.8 Å². The second kappa shape index (κ2) is 9.29. The maximum atomic E-state index is 13.6. The molecule has 10 heteroatoms. The summed E-state index contributed by atoms with van der Waals surface area (Å²) < 4.78 is 6.51. The van der Waals surface area contributed by atoms with Crippen molar-refractivity contribution < 1.29 is 14.5 Å². The van der Waals surface area contributed by atoms with Gasteiger partial charge in [0.15, 0.2) is 5.13 Å². The van der Waals surface area contributed by atoms with Crippen LogP contribution >= 0.6 is 22.9 Å². The van der Waals surface area contributed by atoms with Gasteiger partial charge in [0.05, 0.1) is 39.1 Å². The number of carbonyl (C=O) groups excluding carboxylic acids is 1. The molecule has 0 bridgehead atoms. The minimum absolute atomic E-state index is 0.0149. The number of hydrogen-bond acceptors (Lipinski definition) is 7. The molecule has 2 heterocycles. The van der Waals surface area contributed by atoms with Gasteiger partial charge in [-0.05, 0) is 37.3 Å². The number of hydrogen-bond donors (Lipinski definition) is 0. The zero-order chi connectivity index (χ0) is 22.7. The normalized spacial score (nSPS) is 10.8. The topological polar surface area (TPSA) is 98.5 Å². The van der Waals surface area contributed by atoms with Gasteiger partial charge in [0.2, 0.25) is 0 Å². The number of rotatable bonds is 7. The molecule has 2 aromatic carbocycles. The minimum atomic E-state index is -0.567. The summed E-state index contributed by atoms with van der Waals surface area (Å²) in [5.41, 5.74) is 1.06. The van der Waals surface area contributed by atoms with E-state index in [0.29, 0.717) is 28.7 Å². The molecule has 0 radical (unpaired) electrons. The van der Waals surface area contributed by atoms with Gasteiger partial charge in [-0.2, -0.15) is 0 Å². The first kappa shape index (κ1) is 21.7. The zero-order valence-corrected chi connectivity index (χ0v) is 18.5. The number of nitro groups is 1. The summed E-state index contributed by atoms with van der Waals surface area (Å²) in [4.78, 5) is 34.6. The van der Waals surface area contributed by atoms with Crippen LogP contribution in [0, 0.1) is 10.1 Å². The van der Waals surface area contributed by atoms with E-state index >= 15 is 0 Å². The van der Waals surface area contributed by atoms with Gasteiger partial charge in [-0.1, -0.05) is 35.1 Å². The number of pyridine rings is 1. The van der Waals surface area contributed by atoms with Gasteiger partial charge in [-0.25, -0.2) is 4.98 Å². The Morgan fingerprint density at radius 2 is 2.06 bits per heavy atom. The average Bonchev–Trinajstić information content (AvgIpc) is 3.23. The minimum Gasteiger partial charge on any atom is -0.492 e. The number of anilines is 1. The first-order valence-electron chi connectivity index (χ1n) is 9.66. The van der Waals surface area contributed by atoms with Crippen molar-refractivity contribution in [2.45, 2.75) is 13.5 Å². The Bertz CT molecular complexity index is 1300. The lowest BCUT2D eigenvalue weighted by atomic mass is 10.1. The lowest BCUT2D eigenvalue weighted by molar-refractivity contribution is -0.384. The number of carbonyl (C=O) groups is 1. The predicted molar refractivity (Wildman–Crippen MR) is 124 cm³/mol. The molecule has 0 aliphatic heterocycles. The van der Waals surface area contributed by atoms with Gasteiger partial charge < -0.3 is 4.74 Å². The van der Waals surface area contributed by atoms with Crippen LogP contribution in [0.2, 0.25) is 5.02 Å². The van der Waals surface area contributed by atoms with Crippen molar-refractivity contribution in [2.75, 3.05) is 11.5 Å². The fourth-order valence-corrected chi connectivity index (χ4v) is 4.29. The highest BCUT2D eigenvalue weighted by molar-refractivity contribution is 7.22. The summed E-state index contributed by atoms with van der Waals surface area (Å²) in [7, 11) is 0. The monoisotopic (exact) mass is 468 g/mol. The molecule has 0 aliphatic carbocycles. The third-order valence-electron chi connectivity index (χ3n) is 4.58. The van der Waals surface area contributed by atoms with Gasteiger partial charge in [0, 0.05) is 18.3 Å². The Morgan fingerprint density at radius 1 is 1.22 bits per heavy atom. The zero-order valence-electron chi connectivity index (χ0n) is 16.9. The second-order valence-corrected chi connectivity index (χ2v) is 8.08. The largest absolute Gasteiger partial charge is 0.492 e. The van der Waals surface area contributed by atoms with E-state index in [2.05, 4.69) is 9.97 Å². The molecule has 32 heavy (non-hydrogen) atoms. The number of benzene rings is 2. The molecule has 0 aliphatic rings. The fraction of sp³-hybridized carbons (Fsp3) is 0.136. The van der Waals surface area contributed by atoms with Crippen LogP contribution in [0.1, 0.15) is 23.0 Å². The summed E-state index contributed by atoms with van der Waals surface area (Å²) in [6.45, 7) is 2.47. The van der Waals surface area contributed by atoms with Gasteiger partial charge in [0.25, 0.3) is 11.6 Å². The number of amides is 1. The molecule has 0 saturated carbocycles.